The molecule has 1 aliphatic heterocycles. The minimum Gasteiger partial charge on any atom is -0.482 e. The smallest absolute Gasteiger partial charge is 0.323 e. The van der Waals surface area contributed by atoms with Gasteiger partial charge in [-0.1, -0.05) is 0 Å². The summed E-state index contributed by atoms with van der Waals surface area (Å²) in [6.45, 7) is 3.39. The van der Waals surface area contributed by atoms with Crippen LogP contribution < -0.4 is 9.64 Å². The zero-order valence-corrected chi connectivity index (χ0v) is 12.9. The normalized spacial score (nSPS) is 13.7. The number of amides is 1. The number of ether oxygens (including phenoxy) is 1. The number of hydrogen-bond acceptors (Lipinski definition) is 5. The number of anilines is 1. The molecule has 1 aromatic carbocycles. The fourth-order valence-electron chi connectivity index (χ4n) is 2.45. The Kier molecular flexibility index (Phi) is 3.58. The minimum atomic E-state index is -1.06. The molecule has 1 amide bonds. The van der Waals surface area contributed by atoms with E-state index in [1.54, 1.807) is 23.5 Å². The van der Waals surface area contributed by atoms with Gasteiger partial charge in [0.25, 0.3) is 5.91 Å². The molecule has 0 spiro atoms. The Labute approximate surface area is 131 Å². The van der Waals surface area contributed by atoms with Crippen LogP contribution in [0, 0.1) is 13.8 Å². The summed E-state index contributed by atoms with van der Waals surface area (Å²) in [6.07, 6.45) is 0. The third kappa shape index (κ3) is 2.55. The van der Waals surface area contributed by atoms with E-state index in [0.717, 1.165) is 21.1 Å². The second kappa shape index (κ2) is 5.42. The average molecular weight is 318 g/mol. The van der Waals surface area contributed by atoms with Crippen LogP contribution in [-0.4, -0.2) is 35.1 Å². The van der Waals surface area contributed by atoms with E-state index in [0.29, 0.717) is 11.4 Å². The van der Waals surface area contributed by atoms with E-state index in [9.17, 15) is 9.59 Å². The summed E-state index contributed by atoms with van der Waals surface area (Å²) in [7, 11) is 0. The number of nitrogens with zero attached hydrogens (tertiary/aromatic N) is 2. The largest absolute Gasteiger partial charge is 0.482 e. The van der Waals surface area contributed by atoms with E-state index in [1.807, 2.05) is 19.9 Å². The van der Waals surface area contributed by atoms with Crippen LogP contribution in [0.5, 0.6) is 5.75 Å². The third-order valence-corrected chi connectivity index (χ3v) is 4.26. The molecule has 1 N–H and O–H groups in total. The van der Waals surface area contributed by atoms with E-state index in [-0.39, 0.29) is 19.1 Å². The maximum atomic E-state index is 11.9. The first-order valence-corrected chi connectivity index (χ1v) is 7.51. The van der Waals surface area contributed by atoms with E-state index in [1.165, 1.54) is 4.90 Å². The number of aliphatic carboxylic acids is 1. The molecule has 114 valence electrons. The molecule has 0 aliphatic carbocycles. The molecule has 22 heavy (non-hydrogen) atoms. The Morgan fingerprint density at radius 3 is 2.86 bits per heavy atom. The molecule has 0 saturated carbocycles. The van der Waals surface area contributed by atoms with Gasteiger partial charge in [-0.15, -0.1) is 11.3 Å². The fraction of sp³-hybridized carbons (Fsp3) is 0.267. The van der Waals surface area contributed by atoms with Crippen LogP contribution in [-0.2, 0) is 9.59 Å². The fourth-order valence-corrected chi connectivity index (χ4v) is 3.29. The number of thiazole rings is 1. The summed E-state index contributed by atoms with van der Waals surface area (Å²) in [5.74, 6) is -0.917. The first kappa shape index (κ1) is 14.5. The van der Waals surface area contributed by atoms with Gasteiger partial charge in [-0.2, -0.15) is 0 Å². The maximum absolute atomic E-state index is 11.9. The number of benzene rings is 1. The lowest BCUT2D eigenvalue weighted by Crippen LogP contribution is -2.41. The molecule has 7 heteroatoms. The van der Waals surface area contributed by atoms with Gasteiger partial charge in [-0.3, -0.25) is 14.5 Å². The van der Waals surface area contributed by atoms with Crippen LogP contribution in [0.15, 0.2) is 18.2 Å². The van der Waals surface area contributed by atoms with Crippen molar-refractivity contribution in [3.63, 3.8) is 0 Å². The number of rotatable bonds is 3. The second-order valence-corrected chi connectivity index (χ2v) is 6.39. The van der Waals surface area contributed by atoms with Gasteiger partial charge in [0.05, 0.1) is 16.4 Å². The van der Waals surface area contributed by atoms with Crippen molar-refractivity contribution in [3.8, 4) is 17.0 Å². The van der Waals surface area contributed by atoms with Gasteiger partial charge in [0.15, 0.2) is 6.61 Å². The molecule has 0 fully saturated rings. The van der Waals surface area contributed by atoms with Crippen LogP contribution in [0.4, 0.5) is 5.69 Å². The van der Waals surface area contributed by atoms with E-state index >= 15 is 0 Å². The summed E-state index contributed by atoms with van der Waals surface area (Å²) >= 11 is 1.60. The lowest BCUT2D eigenvalue weighted by molar-refractivity contribution is -0.137. The van der Waals surface area contributed by atoms with Crippen LogP contribution in [0.1, 0.15) is 9.88 Å². The van der Waals surface area contributed by atoms with E-state index < -0.39 is 5.97 Å². The molecule has 2 aromatic rings. The van der Waals surface area contributed by atoms with Gasteiger partial charge in [-0.25, -0.2) is 4.98 Å². The van der Waals surface area contributed by atoms with Crippen molar-refractivity contribution in [2.75, 3.05) is 18.1 Å². The predicted octanol–water partition coefficient (Wildman–Crippen LogP) is 2.24. The molecule has 0 saturated heterocycles. The van der Waals surface area contributed by atoms with Gasteiger partial charge in [0, 0.05) is 10.4 Å². The van der Waals surface area contributed by atoms with Gasteiger partial charge in [0.1, 0.15) is 12.3 Å². The quantitative estimate of drug-likeness (QED) is 0.939. The SMILES string of the molecule is Cc1nc(-c2ccc3c(c2)N(CC(=O)O)C(=O)CO3)c(C)s1. The first-order chi connectivity index (χ1) is 10.5. The number of carboxylic acid groups (broad SMARTS) is 1. The third-order valence-electron chi connectivity index (χ3n) is 3.37. The summed E-state index contributed by atoms with van der Waals surface area (Å²) < 4.78 is 5.37. The Bertz CT molecular complexity index is 769. The molecular formula is C15H14N2O4S. The monoisotopic (exact) mass is 318 g/mol. The number of fused-ring (bicyclic) bond motifs is 1. The highest BCUT2D eigenvalue weighted by Gasteiger charge is 2.28. The Balaban J connectivity index is 2.07. The van der Waals surface area contributed by atoms with Crippen molar-refractivity contribution in [3.05, 3.63) is 28.1 Å². The molecule has 2 heterocycles. The lowest BCUT2D eigenvalue weighted by atomic mass is 10.1. The van der Waals surface area contributed by atoms with E-state index in [2.05, 4.69) is 4.98 Å². The second-order valence-electron chi connectivity index (χ2n) is 4.98. The topological polar surface area (TPSA) is 79.7 Å². The zero-order valence-electron chi connectivity index (χ0n) is 12.1. The number of carboxylic acids is 1. The summed E-state index contributed by atoms with van der Waals surface area (Å²) in [6, 6.07) is 5.38. The number of aryl methyl sites for hydroxylation is 2. The highest BCUT2D eigenvalue weighted by molar-refractivity contribution is 7.11. The van der Waals surface area contributed by atoms with E-state index in [4.69, 9.17) is 9.84 Å². The lowest BCUT2D eigenvalue weighted by Gasteiger charge is -2.28. The van der Waals surface area contributed by atoms with Crippen LogP contribution in [0.3, 0.4) is 0 Å². The molecule has 1 aromatic heterocycles. The molecule has 1 aliphatic rings. The van der Waals surface area contributed by atoms with Crippen molar-refractivity contribution in [2.24, 2.45) is 0 Å². The molecule has 0 atom stereocenters. The van der Waals surface area contributed by atoms with Crippen molar-refractivity contribution in [2.45, 2.75) is 13.8 Å². The van der Waals surface area contributed by atoms with Crippen molar-refractivity contribution >= 4 is 28.9 Å². The van der Waals surface area contributed by atoms with Gasteiger partial charge in [-0.05, 0) is 32.0 Å². The van der Waals surface area contributed by atoms with Gasteiger partial charge >= 0.3 is 5.97 Å². The van der Waals surface area contributed by atoms with Crippen molar-refractivity contribution in [1.29, 1.82) is 0 Å². The van der Waals surface area contributed by atoms with Crippen LogP contribution in [0.2, 0.25) is 0 Å². The average Bonchev–Trinajstić information content (AvgIpc) is 2.80. The molecule has 6 nitrogen and oxygen atoms in total. The number of aromatic nitrogens is 1. The Morgan fingerprint density at radius 2 is 2.23 bits per heavy atom. The highest BCUT2D eigenvalue weighted by atomic mass is 32.1. The van der Waals surface area contributed by atoms with Gasteiger partial charge in [0.2, 0.25) is 0 Å². The maximum Gasteiger partial charge on any atom is 0.323 e. The first-order valence-electron chi connectivity index (χ1n) is 6.69. The Morgan fingerprint density at radius 1 is 1.45 bits per heavy atom. The summed E-state index contributed by atoms with van der Waals surface area (Å²) in [5, 5.41) is 9.96. The van der Waals surface area contributed by atoms with Gasteiger partial charge < -0.3 is 9.84 Å². The Hall–Kier alpha value is -2.41. The summed E-state index contributed by atoms with van der Waals surface area (Å²) in [4.78, 5) is 29.7. The molecule has 3 rings (SSSR count). The van der Waals surface area contributed by atoms with Crippen LogP contribution >= 0.6 is 11.3 Å². The minimum absolute atomic E-state index is 0.144. The molecule has 0 radical (unpaired) electrons. The summed E-state index contributed by atoms with van der Waals surface area (Å²) in [5.41, 5.74) is 2.16. The molecule has 0 bridgehead atoms. The van der Waals surface area contributed by atoms with Crippen molar-refractivity contribution < 1.29 is 19.4 Å². The van der Waals surface area contributed by atoms with Crippen molar-refractivity contribution in [1.82, 2.24) is 4.98 Å². The number of hydrogen-bond donors (Lipinski definition) is 1. The standard InChI is InChI=1S/C15H14N2O4S/c1-8-15(16-9(2)22-8)10-3-4-12-11(5-10)17(6-14(19)20)13(18)7-21-12/h3-5H,6-7H2,1-2H3,(H,19,20). The zero-order chi connectivity index (χ0) is 15.9. The highest BCUT2D eigenvalue weighted by Crippen LogP contribution is 2.37. The number of carbonyl (C=O) groups excluding carboxylic acids is 1. The molecule has 0 unspecified atom stereocenters. The van der Waals surface area contributed by atoms with Crippen LogP contribution in [0.25, 0.3) is 11.3 Å². The number of carbonyl (C=O) groups is 2. The molecular weight excluding hydrogens is 304 g/mol. The predicted molar refractivity (Wildman–Crippen MR) is 82.5 cm³/mol.